The number of halogens is 1. The van der Waals surface area contributed by atoms with E-state index in [2.05, 4.69) is 37.1 Å². The van der Waals surface area contributed by atoms with Crippen LogP contribution in [0.1, 0.15) is 10.4 Å². The SMILES string of the molecule is C#CCOc1nc(Nc2cccc(C(=O)O)c2)ncc1Br. The third kappa shape index (κ3) is 3.94. The summed E-state index contributed by atoms with van der Waals surface area (Å²) in [6.07, 6.45) is 6.64. The van der Waals surface area contributed by atoms with Crippen LogP contribution in [0.5, 0.6) is 5.88 Å². The molecule has 0 radical (unpaired) electrons. The van der Waals surface area contributed by atoms with E-state index in [0.29, 0.717) is 16.0 Å². The van der Waals surface area contributed by atoms with Crippen molar-refractivity contribution in [3.05, 3.63) is 40.5 Å². The maximum absolute atomic E-state index is 10.9. The first-order valence-corrected chi connectivity index (χ1v) is 6.58. The summed E-state index contributed by atoms with van der Waals surface area (Å²) in [5.74, 6) is 1.91. The summed E-state index contributed by atoms with van der Waals surface area (Å²) in [7, 11) is 0. The standard InChI is InChI=1S/C14H10BrN3O3/c1-2-6-21-12-11(15)8-16-14(18-12)17-10-5-3-4-9(7-10)13(19)20/h1,3-5,7-8H,6H2,(H,19,20)(H,16,17,18). The Morgan fingerprint density at radius 3 is 3.05 bits per heavy atom. The Kier molecular flexibility index (Phi) is 4.74. The number of carboxylic acid groups (broad SMARTS) is 1. The lowest BCUT2D eigenvalue weighted by atomic mass is 10.2. The van der Waals surface area contributed by atoms with Crippen molar-refractivity contribution in [3.8, 4) is 18.2 Å². The highest BCUT2D eigenvalue weighted by Gasteiger charge is 2.08. The van der Waals surface area contributed by atoms with Gasteiger partial charge in [0.2, 0.25) is 11.8 Å². The van der Waals surface area contributed by atoms with Gasteiger partial charge in [-0.15, -0.1) is 6.42 Å². The van der Waals surface area contributed by atoms with Gasteiger partial charge in [-0.25, -0.2) is 9.78 Å². The van der Waals surface area contributed by atoms with Crippen LogP contribution in [-0.4, -0.2) is 27.7 Å². The Morgan fingerprint density at radius 2 is 2.33 bits per heavy atom. The zero-order chi connectivity index (χ0) is 15.2. The number of hydrogen-bond donors (Lipinski definition) is 2. The van der Waals surface area contributed by atoms with Crippen molar-refractivity contribution in [2.75, 3.05) is 11.9 Å². The number of rotatable bonds is 5. The van der Waals surface area contributed by atoms with Gasteiger partial charge >= 0.3 is 5.97 Å². The maximum atomic E-state index is 10.9. The van der Waals surface area contributed by atoms with E-state index in [9.17, 15) is 4.79 Å². The first-order valence-electron chi connectivity index (χ1n) is 5.79. The zero-order valence-electron chi connectivity index (χ0n) is 10.7. The second-order valence-electron chi connectivity index (χ2n) is 3.85. The number of benzene rings is 1. The average molecular weight is 348 g/mol. The normalized spacial score (nSPS) is 9.71. The van der Waals surface area contributed by atoms with Crippen LogP contribution in [-0.2, 0) is 0 Å². The topological polar surface area (TPSA) is 84.3 Å². The molecule has 0 aliphatic carbocycles. The fraction of sp³-hybridized carbons (Fsp3) is 0.0714. The van der Waals surface area contributed by atoms with Crippen LogP contribution >= 0.6 is 15.9 Å². The minimum atomic E-state index is -1.01. The molecule has 0 spiro atoms. The van der Waals surface area contributed by atoms with Gasteiger partial charge in [0, 0.05) is 5.69 Å². The molecule has 0 aliphatic rings. The molecule has 21 heavy (non-hydrogen) atoms. The average Bonchev–Trinajstić information content (AvgIpc) is 2.48. The number of terminal acetylenes is 1. The second-order valence-corrected chi connectivity index (χ2v) is 4.70. The van der Waals surface area contributed by atoms with Gasteiger partial charge in [-0.1, -0.05) is 12.0 Å². The molecule has 2 rings (SSSR count). The predicted molar refractivity (Wildman–Crippen MR) is 80.7 cm³/mol. The van der Waals surface area contributed by atoms with Crippen LogP contribution in [0.4, 0.5) is 11.6 Å². The third-order valence-electron chi connectivity index (χ3n) is 2.37. The summed E-state index contributed by atoms with van der Waals surface area (Å²) in [5.41, 5.74) is 0.723. The lowest BCUT2D eigenvalue weighted by Gasteiger charge is -2.08. The van der Waals surface area contributed by atoms with E-state index in [1.165, 1.54) is 18.3 Å². The predicted octanol–water partition coefficient (Wildman–Crippen LogP) is 2.69. The highest BCUT2D eigenvalue weighted by atomic mass is 79.9. The van der Waals surface area contributed by atoms with Gasteiger partial charge in [-0.05, 0) is 34.1 Å². The van der Waals surface area contributed by atoms with Crippen molar-refractivity contribution >= 4 is 33.5 Å². The van der Waals surface area contributed by atoms with E-state index >= 15 is 0 Å². The Labute approximate surface area is 129 Å². The number of nitrogens with one attached hydrogen (secondary N) is 1. The summed E-state index contributed by atoms with van der Waals surface area (Å²) >= 11 is 3.25. The summed E-state index contributed by atoms with van der Waals surface area (Å²) in [4.78, 5) is 19.1. The number of carbonyl (C=O) groups is 1. The van der Waals surface area contributed by atoms with Crippen molar-refractivity contribution in [3.63, 3.8) is 0 Å². The molecule has 106 valence electrons. The lowest BCUT2D eigenvalue weighted by molar-refractivity contribution is 0.0697. The molecule has 0 bridgehead atoms. The molecule has 0 unspecified atom stereocenters. The molecule has 0 aliphatic heterocycles. The zero-order valence-corrected chi connectivity index (χ0v) is 12.3. The number of aromatic nitrogens is 2. The van der Waals surface area contributed by atoms with Gasteiger partial charge < -0.3 is 15.2 Å². The molecular weight excluding hydrogens is 338 g/mol. The van der Waals surface area contributed by atoms with Crippen LogP contribution < -0.4 is 10.1 Å². The molecule has 2 aromatic rings. The van der Waals surface area contributed by atoms with Crippen molar-refractivity contribution < 1.29 is 14.6 Å². The summed E-state index contributed by atoms with van der Waals surface area (Å²) in [6.45, 7) is 0.0869. The largest absolute Gasteiger partial charge is 0.478 e. The monoisotopic (exact) mass is 347 g/mol. The molecular formula is C14H10BrN3O3. The highest BCUT2D eigenvalue weighted by molar-refractivity contribution is 9.10. The van der Waals surface area contributed by atoms with Crippen molar-refractivity contribution in [1.29, 1.82) is 0 Å². The smallest absolute Gasteiger partial charge is 0.335 e. The lowest BCUT2D eigenvalue weighted by Crippen LogP contribution is -2.03. The van der Waals surface area contributed by atoms with Gasteiger partial charge in [0.15, 0.2) is 6.61 Å². The molecule has 2 N–H and O–H groups in total. The Balaban J connectivity index is 2.21. The highest BCUT2D eigenvalue weighted by Crippen LogP contribution is 2.24. The van der Waals surface area contributed by atoms with E-state index in [4.69, 9.17) is 16.3 Å². The molecule has 1 heterocycles. The van der Waals surface area contributed by atoms with E-state index < -0.39 is 5.97 Å². The van der Waals surface area contributed by atoms with Crippen molar-refractivity contribution in [2.45, 2.75) is 0 Å². The van der Waals surface area contributed by atoms with Crippen molar-refractivity contribution in [1.82, 2.24) is 9.97 Å². The fourth-order valence-corrected chi connectivity index (χ4v) is 1.79. The first kappa shape index (κ1) is 14.8. The molecule has 0 saturated carbocycles. The maximum Gasteiger partial charge on any atom is 0.335 e. The van der Waals surface area contributed by atoms with Gasteiger partial charge in [-0.2, -0.15) is 4.98 Å². The minimum absolute atomic E-state index is 0.0869. The van der Waals surface area contributed by atoms with Gasteiger partial charge in [0.1, 0.15) is 0 Å². The third-order valence-corrected chi connectivity index (χ3v) is 2.91. The number of hydrogen-bond acceptors (Lipinski definition) is 5. The van der Waals surface area contributed by atoms with E-state index in [0.717, 1.165) is 0 Å². The van der Waals surface area contributed by atoms with E-state index in [1.54, 1.807) is 12.1 Å². The second kappa shape index (κ2) is 6.72. The van der Waals surface area contributed by atoms with Crippen LogP contribution in [0.25, 0.3) is 0 Å². The van der Waals surface area contributed by atoms with Gasteiger partial charge in [0.25, 0.3) is 0 Å². The molecule has 6 nitrogen and oxygen atoms in total. The molecule has 0 fully saturated rings. The molecule has 7 heteroatoms. The van der Waals surface area contributed by atoms with E-state index in [-0.39, 0.29) is 18.1 Å². The number of aromatic carboxylic acids is 1. The van der Waals surface area contributed by atoms with Crippen LogP contribution in [0.2, 0.25) is 0 Å². The molecule has 0 atom stereocenters. The Bertz CT molecular complexity index is 713. The Morgan fingerprint density at radius 1 is 1.52 bits per heavy atom. The fourth-order valence-electron chi connectivity index (χ4n) is 1.48. The quantitative estimate of drug-likeness (QED) is 0.809. The minimum Gasteiger partial charge on any atom is -0.478 e. The number of nitrogens with zero attached hydrogens (tertiary/aromatic N) is 2. The van der Waals surface area contributed by atoms with E-state index in [1.807, 2.05) is 0 Å². The molecule has 1 aromatic carbocycles. The summed E-state index contributed by atoms with van der Waals surface area (Å²) in [5, 5.41) is 11.9. The van der Waals surface area contributed by atoms with Gasteiger partial charge in [0.05, 0.1) is 16.2 Å². The number of ether oxygens (including phenoxy) is 1. The van der Waals surface area contributed by atoms with Crippen LogP contribution in [0, 0.1) is 12.3 Å². The molecule has 0 amide bonds. The van der Waals surface area contributed by atoms with Gasteiger partial charge in [-0.3, -0.25) is 0 Å². The summed E-state index contributed by atoms with van der Waals surface area (Å²) < 4.78 is 5.83. The summed E-state index contributed by atoms with van der Waals surface area (Å²) in [6, 6.07) is 6.31. The first-order chi connectivity index (χ1) is 10.1. The number of carboxylic acids is 1. The Hall–Kier alpha value is -2.59. The van der Waals surface area contributed by atoms with Crippen molar-refractivity contribution in [2.24, 2.45) is 0 Å². The van der Waals surface area contributed by atoms with Crippen LogP contribution in [0.3, 0.4) is 0 Å². The number of anilines is 2. The molecule has 0 saturated heterocycles. The molecule has 1 aromatic heterocycles. The van der Waals surface area contributed by atoms with Crippen LogP contribution in [0.15, 0.2) is 34.9 Å².